The summed E-state index contributed by atoms with van der Waals surface area (Å²) in [5, 5.41) is 10.7. The molecule has 1 N–H and O–H groups in total. The van der Waals surface area contributed by atoms with Crippen molar-refractivity contribution in [1.29, 1.82) is 0 Å². The van der Waals surface area contributed by atoms with Crippen molar-refractivity contribution in [1.82, 2.24) is 20.3 Å². The van der Waals surface area contributed by atoms with Crippen molar-refractivity contribution in [3.63, 3.8) is 0 Å². The predicted octanol–water partition coefficient (Wildman–Crippen LogP) is 1.51. The van der Waals surface area contributed by atoms with Gasteiger partial charge in [0, 0.05) is 11.8 Å². The van der Waals surface area contributed by atoms with Crippen LogP contribution < -0.4 is 10.2 Å². The molecule has 7 nitrogen and oxygen atoms in total. The molecule has 4 atom stereocenters. The largest absolute Gasteiger partial charge is 0.442 e. The number of aromatic nitrogens is 3. The van der Waals surface area contributed by atoms with Crippen molar-refractivity contribution in [3.8, 4) is 0 Å². The maximum atomic E-state index is 14.6. The molecule has 1 aromatic heterocycles. The topological polar surface area (TPSA) is 72.3 Å². The molecule has 1 unspecified atom stereocenters. The van der Waals surface area contributed by atoms with E-state index in [-0.39, 0.29) is 23.7 Å². The number of amides is 1. The number of carbonyl (C=O) groups is 1. The molecule has 5 rings (SSSR count). The summed E-state index contributed by atoms with van der Waals surface area (Å²) in [6.45, 7) is 2.15. The number of nitrogens with zero attached hydrogens (tertiary/aromatic N) is 4. The van der Waals surface area contributed by atoms with Gasteiger partial charge in [0.2, 0.25) is 0 Å². The summed E-state index contributed by atoms with van der Waals surface area (Å²) < 4.78 is 36.1. The van der Waals surface area contributed by atoms with Crippen LogP contribution in [0.2, 0.25) is 0 Å². The van der Waals surface area contributed by atoms with Crippen molar-refractivity contribution in [2.24, 2.45) is 11.8 Å². The van der Waals surface area contributed by atoms with Crippen molar-refractivity contribution < 1.29 is 18.3 Å². The van der Waals surface area contributed by atoms with E-state index in [1.54, 1.807) is 10.9 Å². The van der Waals surface area contributed by atoms with Crippen LogP contribution in [0.25, 0.3) is 0 Å². The van der Waals surface area contributed by atoms with Gasteiger partial charge < -0.3 is 10.1 Å². The molecule has 2 saturated heterocycles. The molecule has 1 aromatic carbocycles. The third-order valence-electron chi connectivity index (χ3n) is 5.54. The molecule has 0 spiro atoms. The second kappa shape index (κ2) is 5.73. The summed E-state index contributed by atoms with van der Waals surface area (Å²) in [7, 11) is 0. The molecule has 1 aliphatic carbocycles. The van der Waals surface area contributed by atoms with Crippen LogP contribution in [0, 0.1) is 23.5 Å². The molecule has 0 radical (unpaired) electrons. The standard InChI is InChI=1S/C17H17F2N5O2/c18-13-3-9(4-14(19)16(13)15-11-5-20-6-12(11)15)24-8-10(26-17(24)25)7-23-2-1-21-22-23/h1-4,10-12,15,20H,5-8H2/t10-,11-,12+,15?/m0/s1. The zero-order chi connectivity index (χ0) is 17.8. The number of nitrogens with one attached hydrogen (secondary N) is 1. The first kappa shape index (κ1) is 15.7. The molecule has 0 bridgehead atoms. The molecule has 3 aliphatic rings. The molecule has 2 aromatic rings. The van der Waals surface area contributed by atoms with Gasteiger partial charge in [-0.1, -0.05) is 5.21 Å². The van der Waals surface area contributed by atoms with Gasteiger partial charge >= 0.3 is 6.09 Å². The van der Waals surface area contributed by atoms with Crippen LogP contribution in [0.1, 0.15) is 11.5 Å². The van der Waals surface area contributed by atoms with Crippen molar-refractivity contribution >= 4 is 11.8 Å². The van der Waals surface area contributed by atoms with Crippen molar-refractivity contribution in [2.75, 3.05) is 24.5 Å². The summed E-state index contributed by atoms with van der Waals surface area (Å²) in [5.74, 6) is -0.614. The number of anilines is 1. The summed E-state index contributed by atoms with van der Waals surface area (Å²) >= 11 is 0. The van der Waals surface area contributed by atoms with Gasteiger partial charge in [0.15, 0.2) is 0 Å². The Morgan fingerprint density at radius 1 is 1.23 bits per heavy atom. The van der Waals surface area contributed by atoms with Crippen molar-refractivity contribution in [3.05, 3.63) is 41.7 Å². The summed E-state index contributed by atoms with van der Waals surface area (Å²) in [6, 6.07) is 2.47. The Hall–Kier alpha value is -2.55. The lowest BCUT2D eigenvalue weighted by atomic mass is 10.0. The number of benzene rings is 1. The minimum absolute atomic E-state index is 0.0594. The van der Waals surface area contributed by atoms with Crippen LogP contribution in [0.4, 0.5) is 19.3 Å². The highest BCUT2D eigenvalue weighted by Gasteiger charge is 2.55. The van der Waals surface area contributed by atoms with Gasteiger partial charge in [-0.25, -0.2) is 18.3 Å². The SMILES string of the molecule is O=C1O[C@@H](Cn2ccnn2)CN1c1cc(F)c(C2[C@H]3CNC[C@@H]23)c(F)c1. The lowest BCUT2D eigenvalue weighted by Gasteiger charge is -2.16. The maximum absolute atomic E-state index is 14.6. The second-order valence-corrected chi connectivity index (χ2v) is 7.08. The second-order valence-electron chi connectivity index (χ2n) is 7.08. The van der Waals surface area contributed by atoms with Gasteiger partial charge in [-0.15, -0.1) is 5.10 Å². The molecule has 1 amide bonds. The molecule has 3 fully saturated rings. The number of hydrogen-bond acceptors (Lipinski definition) is 5. The summed E-state index contributed by atoms with van der Waals surface area (Å²) in [4.78, 5) is 13.4. The Labute approximate surface area is 147 Å². The van der Waals surface area contributed by atoms with E-state index in [1.807, 2.05) is 0 Å². The van der Waals surface area contributed by atoms with E-state index in [4.69, 9.17) is 4.74 Å². The molecule has 1 saturated carbocycles. The first-order valence-electron chi connectivity index (χ1n) is 8.63. The van der Waals surface area contributed by atoms with Crippen LogP contribution in [0.15, 0.2) is 24.5 Å². The molecule has 26 heavy (non-hydrogen) atoms. The third-order valence-corrected chi connectivity index (χ3v) is 5.54. The fraction of sp³-hybridized carbons (Fsp3) is 0.471. The molecule has 9 heteroatoms. The fourth-order valence-electron chi connectivity index (χ4n) is 4.26. The van der Waals surface area contributed by atoms with E-state index in [0.717, 1.165) is 13.1 Å². The number of cyclic esters (lactones) is 1. The number of rotatable bonds is 4. The predicted molar refractivity (Wildman–Crippen MR) is 86.6 cm³/mol. The number of halogens is 2. The quantitative estimate of drug-likeness (QED) is 0.894. The van der Waals surface area contributed by atoms with E-state index < -0.39 is 23.8 Å². The van der Waals surface area contributed by atoms with Crippen LogP contribution in [-0.4, -0.2) is 46.8 Å². The fourth-order valence-corrected chi connectivity index (χ4v) is 4.26. The smallest absolute Gasteiger partial charge is 0.414 e. The average molecular weight is 361 g/mol. The lowest BCUT2D eigenvalue weighted by Crippen LogP contribution is -2.26. The van der Waals surface area contributed by atoms with E-state index in [0.29, 0.717) is 18.4 Å². The number of piperidine rings is 1. The highest BCUT2D eigenvalue weighted by atomic mass is 19.1. The summed E-state index contributed by atoms with van der Waals surface area (Å²) in [5.41, 5.74) is 0.329. The molecular weight excluding hydrogens is 344 g/mol. The number of hydrogen-bond donors (Lipinski definition) is 1. The first-order chi connectivity index (χ1) is 12.6. The monoisotopic (exact) mass is 361 g/mol. The van der Waals surface area contributed by atoms with E-state index in [1.165, 1.54) is 23.2 Å². The van der Waals surface area contributed by atoms with Gasteiger partial charge in [-0.3, -0.25) is 4.90 Å². The molecule has 3 heterocycles. The zero-order valence-electron chi connectivity index (χ0n) is 13.8. The maximum Gasteiger partial charge on any atom is 0.414 e. The minimum atomic E-state index is -0.617. The van der Waals surface area contributed by atoms with E-state index >= 15 is 0 Å². The van der Waals surface area contributed by atoms with Gasteiger partial charge in [0.25, 0.3) is 0 Å². The average Bonchev–Trinajstić information content (AvgIpc) is 3.07. The Morgan fingerprint density at radius 3 is 2.62 bits per heavy atom. The summed E-state index contributed by atoms with van der Waals surface area (Å²) in [6.07, 6.45) is 2.12. The van der Waals surface area contributed by atoms with Gasteiger partial charge in [0.05, 0.1) is 25.0 Å². The normalized spacial score (nSPS) is 29.8. The number of fused-ring (bicyclic) bond motifs is 1. The molecule has 2 aliphatic heterocycles. The van der Waals surface area contributed by atoms with Crippen molar-refractivity contribution in [2.45, 2.75) is 18.6 Å². The molecular formula is C17H17F2N5O2. The third kappa shape index (κ3) is 2.45. The first-order valence-corrected chi connectivity index (χ1v) is 8.63. The van der Waals surface area contributed by atoms with Gasteiger partial charge in [0.1, 0.15) is 17.7 Å². The Kier molecular flexibility index (Phi) is 3.46. The number of carbonyl (C=O) groups excluding carboxylic acids is 1. The van der Waals surface area contributed by atoms with Crippen LogP contribution in [0.5, 0.6) is 0 Å². The van der Waals surface area contributed by atoms with Crippen LogP contribution in [-0.2, 0) is 11.3 Å². The number of ether oxygens (including phenoxy) is 1. The van der Waals surface area contributed by atoms with Gasteiger partial charge in [-0.05, 0) is 43.0 Å². The van der Waals surface area contributed by atoms with E-state index in [9.17, 15) is 13.6 Å². The Morgan fingerprint density at radius 2 is 1.96 bits per heavy atom. The molecule has 136 valence electrons. The van der Waals surface area contributed by atoms with Gasteiger partial charge in [-0.2, -0.15) is 0 Å². The zero-order valence-corrected chi connectivity index (χ0v) is 13.8. The van der Waals surface area contributed by atoms with Crippen LogP contribution >= 0.6 is 0 Å². The Balaban J connectivity index is 1.36. The highest BCUT2D eigenvalue weighted by Crippen LogP contribution is 2.57. The van der Waals surface area contributed by atoms with Crippen LogP contribution in [0.3, 0.4) is 0 Å². The highest BCUT2D eigenvalue weighted by molar-refractivity contribution is 5.89. The minimum Gasteiger partial charge on any atom is -0.442 e. The lowest BCUT2D eigenvalue weighted by molar-refractivity contribution is 0.129. The Bertz CT molecular complexity index is 826. The van der Waals surface area contributed by atoms with E-state index in [2.05, 4.69) is 15.6 Å².